The molecule has 1 rings (SSSR count). The van der Waals surface area contributed by atoms with Crippen molar-refractivity contribution < 1.29 is 19.5 Å². The molecule has 1 saturated carbocycles. The monoisotopic (exact) mass is 243 g/mol. The fraction of sp³-hybridized carbons (Fsp3) is 0.700. The third kappa shape index (κ3) is 5.19. The number of nitrogens with one attached hydrogen (secondary N) is 3. The number of aliphatic carboxylic acids is 1. The second-order valence-corrected chi connectivity index (χ2v) is 4.27. The number of carbonyl (C=O) groups is 3. The van der Waals surface area contributed by atoms with Crippen LogP contribution >= 0.6 is 0 Å². The third-order valence-corrected chi connectivity index (χ3v) is 2.56. The first kappa shape index (κ1) is 13.3. The molecule has 17 heavy (non-hydrogen) atoms. The predicted molar refractivity (Wildman–Crippen MR) is 59.4 cm³/mol. The molecule has 1 aliphatic carbocycles. The van der Waals surface area contributed by atoms with Gasteiger partial charge >= 0.3 is 12.0 Å². The van der Waals surface area contributed by atoms with Crippen LogP contribution in [0.3, 0.4) is 0 Å². The van der Waals surface area contributed by atoms with E-state index >= 15 is 0 Å². The minimum atomic E-state index is -1.12. The number of rotatable bonds is 5. The van der Waals surface area contributed by atoms with Gasteiger partial charge < -0.3 is 21.1 Å². The smallest absolute Gasteiger partial charge is 0.322 e. The lowest BCUT2D eigenvalue weighted by Gasteiger charge is -2.33. The van der Waals surface area contributed by atoms with Gasteiger partial charge in [0.2, 0.25) is 5.91 Å². The Morgan fingerprint density at radius 2 is 1.82 bits per heavy atom. The highest BCUT2D eigenvalue weighted by Crippen LogP contribution is 2.25. The molecular weight excluding hydrogens is 226 g/mol. The van der Waals surface area contributed by atoms with Gasteiger partial charge in [0.1, 0.15) is 6.54 Å². The lowest BCUT2D eigenvalue weighted by atomic mass is 9.82. The normalized spacial score (nSPS) is 22.2. The summed E-state index contributed by atoms with van der Waals surface area (Å²) < 4.78 is 0. The van der Waals surface area contributed by atoms with Crippen molar-refractivity contribution in [3.8, 4) is 0 Å². The molecular formula is C10H17N3O4. The number of carboxylic acids is 1. The number of carbonyl (C=O) groups excluding carboxylic acids is 2. The minimum Gasteiger partial charge on any atom is -0.480 e. The van der Waals surface area contributed by atoms with Crippen LogP contribution in [-0.4, -0.2) is 42.1 Å². The topological polar surface area (TPSA) is 108 Å². The van der Waals surface area contributed by atoms with Crippen molar-refractivity contribution >= 4 is 17.9 Å². The van der Waals surface area contributed by atoms with Crippen LogP contribution < -0.4 is 16.0 Å². The van der Waals surface area contributed by atoms with Gasteiger partial charge in [-0.15, -0.1) is 0 Å². The lowest BCUT2D eigenvalue weighted by Crippen LogP contribution is -2.49. The zero-order valence-corrected chi connectivity index (χ0v) is 9.66. The van der Waals surface area contributed by atoms with Crippen LogP contribution in [0.5, 0.6) is 0 Å². The summed E-state index contributed by atoms with van der Waals surface area (Å²) in [6.45, 7) is 1.44. The van der Waals surface area contributed by atoms with Crippen LogP contribution in [0.1, 0.15) is 19.8 Å². The van der Waals surface area contributed by atoms with Crippen LogP contribution in [0.25, 0.3) is 0 Å². The Morgan fingerprint density at radius 3 is 2.35 bits per heavy atom. The molecule has 1 aliphatic rings. The standard InChI is InChI=1S/C10H17N3O4/c1-6-2-7(3-6)13-10(17)12-4-8(14)11-5-9(15)16/h6-7H,2-5H2,1H3,(H,11,14)(H,15,16)(H2,12,13,17). The van der Waals surface area contributed by atoms with Gasteiger partial charge in [0.15, 0.2) is 0 Å². The predicted octanol–water partition coefficient (Wildman–Crippen LogP) is -0.715. The van der Waals surface area contributed by atoms with Gasteiger partial charge in [0, 0.05) is 6.04 Å². The molecule has 0 atom stereocenters. The number of hydrogen-bond donors (Lipinski definition) is 4. The Kier molecular flexibility index (Phi) is 4.74. The van der Waals surface area contributed by atoms with Crippen LogP contribution in [0.2, 0.25) is 0 Å². The van der Waals surface area contributed by atoms with E-state index in [0.29, 0.717) is 5.92 Å². The van der Waals surface area contributed by atoms with Crippen LogP contribution in [0.4, 0.5) is 4.79 Å². The second kappa shape index (κ2) is 6.07. The highest BCUT2D eigenvalue weighted by atomic mass is 16.4. The fourth-order valence-electron chi connectivity index (χ4n) is 1.65. The minimum absolute atomic E-state index is 0.187. The molecule has 0 aromatic rings. The van der Waals surface area contributed by atoms with Crippen molar-refractivity contribution in [2.24, 2.45) is 5.92 Å². The van der Waals surface area contributed by atoms with Crippen LogP contribution in [0.15, 0.2) is 0 Å². The maximum absolute atomic E-state index is 11.3. The number of amides is 3. The number of hydrogen-bond acceptors (Lipinski definition) is 3. The highest BCUT2D eigenvalue weighted by molar-refractivity contribution is 5.86. The molecule has 0 unspecified atom stereocenters. The summed E-state index contributed by atoms with van der Waals surface area (Å²) >= 11 is 0. The molecule has 4 N–H and O–H groups in total. The molecule has 0 spiro atoms. The average Bonchev–Trinajstić information content (AvgIpc) is 2.21. The van der Waals surface area contributed by atoms with E-state index in [2.05, 4.69) is 22.9 Å². The van der Waals surface area contributed by atoms with Crippen molar-refractivity contribution in [2.75, 3.05) is 13.1 Å². The molecule has 0 bridgehead atoms. The molecule has 1 fully saturated rings. The van der Waals surface area contributed by atoms with E-state index in [4.69, 9.17) is 5.11 Å². The third-order valence-electron chi connectivity index (χ3n) is 2.56. The maximum Gasteiger partial charge on any atom is 0.322 e. The Balaban J connectivity index is 2.06. The van der Waals surface area contributed by atoms with Gasteiger partial charge in [-0.1, -0.05) is 6.92 Å². The van der Waals surface area contributed by atoms with Crippen LogP contribution in [0, 0.1) is 5.92 Å². The van der Waals surface area contributed by atoms with Crippen molar-refractivity contribution in [1.82, 2.24) is 16.0 Å². The summed E-state index contributed by atoms with van der Waals surface area (Å²) in [5.74, 6) is -1.00. The SMILES string of the molecule is CC1CC(NC(=O)NCC(=O)NCC(=O)O)C1. The zero-order valence-electron chi connectivity index (χ0n) is 9.66. The summed E-state index contributed by atoms with van der Waals surface area (Å²) in [5, 5.41) is 15.5. The first-order valence-corrected chi connectivity index (χ1v) is 5.50. The Morgan fingerprint density at radius 1 is 1.18 bits per heavy atom. The van der Waals surface area contributed by atoms with E-state index in [1.54, 1.807) is 0 Å². The van der Waals surface area contributed by atoms with Gasteiger partial charge in [-0.25, -0.2) is 4.79 Å². The second-order valence-electron chi connectivity index (χ2n) is 4.27. The van der Waals surface area contributed by atoms with E-state index in [1.165, 1.54) is 0 Å². The van der Waals surface area contributed by atoms with Gasteiger partial charge in [0.25, 0.3) is 0 Å². The highest BCUT2D eigenvalue weighted by Gasteiger charge is 2.26. The molecule has 0 radical (unpaired) electrons. The molecule has 0 saturated heterocycles. The summed E-state index contributed by atoms with van der Waals surface area (Å²) in [6, 6.07) is -0.209. The number of urea groups is 1. The summed E-state index contributed by atoms with van der Waals surface area (Å²) in [7, 11) is 0. The molecule has 0 aromatic carbocycles. The van der Waals surface area contributed by atoms with Gasteiger partial charge in [-0.2, -0.15) is 0 Å². The van der Waals surface area contributed by atoms with E-state index in [0.717, 1.165) is 12.8 Å². The number of carboxylic acid groups (broad SMARTS) is 1. The first-order valence-electron chi connectivity index (χ1n) is 5.50. The summed E-state index contributed by atoms with van der Waals surface area (Å²) in [6.07, 6.45) is 1.91. The molecule has 0 heterocycles. The quantitative estimate of drug-likeness (QED) is 0.511. The Hall–Kier alpha value is -1.79. The Bertz CT molecular complexity index is 313. The zero-order chi connectivity index (χ0) is 12.8. The van der Waals surface area contributed by atoms with Gasteiger partial charge in [-0.05, 0) is 18.8 Å². The molecule has 3 amide bonds. The maximum atomic E-state index is 11.3. The van der Waals surface area contributed by atoms with Crippen molar-refractivity contribution in [3.63, 3.8) is 0 Å². The van der Waals surface area contributed by atoms with E-state index in [1.807, 2.05) is 0 Å². The molecule has 0 aromatic heterocycles. The molecule has 0 aliphatic heterocycles. The summed E-state index contributed by atoms with van der Waals surface area (Å²) in [5.41, 5.74) is 0. The Labute approximate surface area is 98.9 Å². The largest absolute Gasteiger partial charge is 0.480 e. The molecule has 7 heteroatoms. The van der Waals surface area contributed by atoms with Crippen LogP contribution in [-0.2, 0) is 9.59 Å². The molecule has 7 nitrogen and oxygen atoms in total. The van der Waals surface area contributed by atoms with Crippen molar-refractivity contribution in [2.45, 2.75) is 25.8 Å². The lowest BCUT2D eigenvalue weighted by molar-refractivity contribution is -0.137. The summed E-state index contributed by atoms with van der Waals surface area (Å²) in [4.78, 5) is 32.5. The van der Waals surface area contributed by atoms with Gasteiger partial charge in [0.05, 0.1) is 6.54 Å². The van der Waals surface area contributed by atoms with E-state index in [-0.39, 0.29) is 12.6 Å². The average molecular weight is 243 g/mol. The molecule has 96 valence electrons. The van der Waals surface area contributed by atoms with E-state index in [9.17, 15) is 14.4 Å². The van der Waals surface area contributed by atoms with Gasteiger partial charge in [-0.3, -0.25) is 9.59 Å². The van der Waals surface area contributed by atoms with E-state index < -0.39 is 24.5 Å². The fourth-order valence-corrected chi connectivity index (χ4v) is 1.65. The van der Waals surface area contributed by atoms with Crippen molar-refractivity contribution in [3.05, 3.63) is 0 Å². The first-order chi connectivity index (χ1) is 7.97. The van der Waals surface area contributed by atoms with Crippen molar-refractivity contribution in [1.29, 1.82) is 0 Å².